The van der Waals surface area contributed by atoms with Crippen molar-refractivity contribution in [3.63, 3.8) is 0 Å². The van der Waals surface area contributed by atoms with E-state index in [2.05, 4.69) is 12.2 Å². The lowest BCUT2D eigenvalue weighted by molar-refractivity contribution is -0.384. The van der Waals surface area contributed by atoms with Crippen molar-refractivity contribution in [1.29, 1.82) is 0 Å². The highest BCUT2D eigenvalue weighted by Gasteiger charge is 2.35. The second kappa shape index (κ2) is 6.20. The van der Waals surface area contributed by atoms with Crippen LogP contribution >= 0.6 is 23.2 Å². The van der Waals surface area contributed by atoms with E-state index in [1.165, 1.54) is 12.5 Å². The molecule has 0 radical (unpaired) electrons. The lowest BCUT2D eigenvalue weighted by Gasteiger charge is -2.41. The Morgan fingerprint density at radius 3 is 2.57 bits per heavy atom. The van der Waals surface area contributed by atoms with Crippen LogP contribution in [0.25, 0.3) is 0 Å². The predicted molar refractivity (Wildman–Crippen MR) is 82.0 cm³/mol. The van der Waals surface area contributed by atoms with Crippen LogP contribution in [0.1, 0.15) is 43.0 Å². The Morgan fingerprint density at radius 1 is 1.43 bits per heavy atom. The van der Waals surface area contributed by atoms with Gasteiger partial charge >= 0.3 is 0 Å². The van der Waals surface area contributed by atoms with E-state index in [4.69, 9.17) is 23.2 Å². The smallest absolute Gasteiger partial charge is 0.290 e. The van der Waals surface area contributed by atoms with E-state index >= 15 is 0 Å². The fraction of sp³-hybridized carbons (Fsp3) is 0.500. The van der Waals surface area contributed by atoms with E-state index in [0.717, 1.165) is 25.3 Å². The van der Waals surface area contributed by atoms with Crippen molar-refractivity contribution in [3.8, 4) is 0 Å². The molecule has 0 unspecified atom stereocenters. The number of amides is 1. The minimum atomic E-state index is -0.648. The Bertz CT molecular complexity index is 580. The maximum atomic E-state index is 12.2. The largest absolute Gasteiger partial charge is 0.351 e. The molecular formula is C14H16Cl2N2O3. The van der Waals surface area contributed by atoms with E-state index in [-0.39, 0.29) is 32.6 Å². The second-order valence-corrected chi connectivity index (χ2v) is 6.22. The average Bonchev–Trinajstić information content (AvgIpc) is 2.40. The number of hydrogen-bond donors (Lipinski definition) is 1. The number of nitro benzene ring substituents is 1. The van der Waals surface area contributed by atoms with Crippen LogP contribution in [0.3, 0.4) is 0 Å². The molecule has 1 saturated carbocycles. The van der Waals surface area contributed by atoms with Gasteiger partial charge in [0, 0.05) is 18.2 Å². The van der Waals surface area contributed by atoms with E-state index in [0.29, 0.717) is 6.54 Å². The van der Waals surface area contributed by atoms with Crippen LogP contribution in [-0.4, -0.2) is 17.4 Å². The minimum absolute atomic E-state index is 0.00451. The maximum absolute atomic E-state index is 12.2. The van der Waals surface area contributed by atoms with Gasteiger partial charge in [-0.2, -0.15) is 0 Å². The molecule has 2 rings (SSSR count). The average molecular weight is 331 g/mol. The van der Waals surface area contributed by atoms with Crippen LogP contribution in [0.5, 0.6) is 0 Å². The standard InChI is InChI=1S/C14H16Cl2N2O3/c1-2-14(4-3-5-14)8-17-13(19)9-6-10(15)12(16)11(7-9)18(20)21/h6-7H,2-5,8H2,1H3,(H,17,19). The van der Waals surface area contributed by atoms with Crippen LogP contribution < -0.4 is 5.32 Å². The molecule has 0 heterocycles. The molecule has 1 aromatic rings. The van der Waals surface area contributed by atoms with E-state index in [1.807, 2.05) is 0 Å². The highest BCUT2D eigenvalue weighted by atomic mass is 35.5. The monoisotopic (exact) mass is 330 g/mol. The zero-order valence-electron chi connectivity index (χ0n) is 11.6. The molecule has 0 aromatic heterocycles. The molecule has 1 amide bonds. The van der Waals surface area contributed by atoms with Crippen molar-refractivity contribution < 1.29 is 9.72 Å². The lowest BCUT2D eigenvalue weighted by atomic mass is 9.67. The summed E-state index contributed by atoms with van der Waals surface area (Å²) in [5.41, 5.74) is -0.0255. The van der Waals surface area contributed by atoms with Gasteiger partial charge in [0.25, 0.3) is 11.6 Å². The number of nitrogens with zero attached hydrogens (tertiary/aromatic N) is 1. The van der Waals surface area contributed by atoms with E-state index < -0.39 is 4.92 Å². The van der Waals surface area contributed by atoms with E-state index in [1.54, 1.807) is 0 Å². The molecule has 0 bridgehead atoms. The number of carbonyl (C=O) groups is 1. The summed E-state index contributed by atoms with van der Waals surface area (Å²) < 4.78 is 0. The molecule has 0 atom stereocenters. The summed E-state index contributed by atoms with van der Waals surface area (Å²) in [4.78, 5) is 22.4. The SMILES string of the molecule is CCC1(CNC(=O)c2cc(Cl)c(Cl)c([N+](=O)[O-])c2)CCC1. The van der Waals surface area contributed by atoms with Gasteiger partial charge in [0.15, 0.2) is 0 Å². The molecule has 114 valence electrons. The van der Waals surface area contributed by atoms with Gasteiger partial charge in [-0.25, -0.2) is 0 Å². The summed E-state index contributed by atoms with van der Waals surface area (Å²) >= 11 is 11.6. The molecule has 1 aliphatic carbocycles. The number of carbonyl (C=O) groups excluding carboxylic acids is 1. The summed E-state index contributed by atoms with van der Waals surface area (Å²) in [7, 11) is 0. The fourth-order valence-electron chi connectivity index (χ4n) is 2.54. The molecule has 5 nitrogen and oxygen atoms in total. The molecule has 21 heavy (non-hydrogen) atoms. The normalized spacial score (nSPS) is 16.1. The number of benzene rings is 1. The van der Waals surface area contributed by atoms with Gasteiger partial charge < -0.3 is 5.32 Å². The molecule has 1 aromatic carbocycles. The van der Waals surface area contributed by atoms with Crippen LogP contribution in [0.4, 0.5) is 5.69 Å². The van der Waals surface area contributed by atoms with Crippen molar-refractivity contribution in [2.24, 2.45) is 5.41 Å². The molecule has 7 heteroatoms. The summed E-state index contributed by atoms with van der Waals surface area (Å²) in [5, 5.41) is 13.6. The van der Waals surface area contributed by atoms with Crippen molar-refractivity contribution >= 4 is 34.8 Å². The first kappa shape index (κ1) is 16.0. The Hall–Kier alpha value is -1.33. The van der Waals surface area contributed by atoms with Crippen LogP contribution in [0.15, 0.2) is 12.1 Å². The Labute approximate surface area is 132 Å². The molecule has 1 N–H and O–H groups in total. The highest BCUT2D eigenvalue weighted by Crippen LogP contribution is 2.43. The Morgan fingerprint density at radius 2 is 2.10 bits per heavy atom. The van der Waals surface area contributed by atoms with Gasteiger partial charge in [0.2, 0.25) is 0 Å². The molecule has 0 aliphatic heterocycles. The first-order valence-electron chi connectivity index (χ1n) is 6.80. The summed E-state index contributed by atoms with van der Waals surface area (Å²) in [6.45, 7) is 2.69. The summed E-state index contributed by atoms with van der Waals surface area (Å²) in [6, 6.07) is 2.51. The van der Waals surface area contributed by atoms with Crippen molar-refractivity contribution in [3.05, 3.63) is 37.9 Å². The third-order valence-corrected chi connectivity index (χ3v) is 5.05. The number of halogens is 2. The summed E-state index contributed by atoms with van der Waals surface area (Å²) in [6.07, 6.45) is 4.40. The van der Waals surface area contributed by atoms with Gasteiger partial charge in [-0.05, 0) is 30.7 Å². The first-order chi connectivity index (χ1) is 9.88. The quantitative estimate of drug-likeness (QED) is 0.649. The molecule has 1 aliphatic rings. The maximum Gasteiger partial charge on any atom is 0.290 e. The number of hydrogen-bond acceptors (Lipinski definition) is 3. The van der Waals surface area contributed by atoms with Crippen molar-refractivity contribution in [2.75, 3.05) is 6.54 Å². The van der Waals surface area contributed by atoms with Gasteiger partial charge in [0.05, 0.1) is 9.95 Å². The Balaban J connectivity index is 2.14. The predicted octanol–water partition coefficient (Wildman–Crippen LogP) is 4.21. The molecule has 1 fully saturated rings. The topological polar surface area (TPSA) is 72.2 Å². The summed E-state index contributed by atoms with van der Waals surface area (Å²) in [5.74, 6) is -0.364. The highest BCUT2D eigenvalue weighted by molar-refractivity contribution is 6.43. The third kappa shape index (κ3) is 3.30. The van der Waals surface area contributed by atoms with E-state index in [9.17, 15) is 14.9 Å². The van der Waals surface area contributed by atoms with Gasteiger partial charge in [-0.15, -0.1) is 0 Å². The molecule has 0 spiro atoms. The Kier molecular flexibility index (Phi) is 4.74. The molecular weight excluding hydrogens is 315 g/mol. The number of nitro groups is 1. The van der Waals surface area contributed by atoms with Crippen molar-refractivity contribution in [1.82, 2.24) is 5.32 Å². The molecule has 0 saturated heterocycles. The zero-order chi connectivity index (χ0) is 15.6. The van der Waals surface area contributed by atoms with Gasteiger partial charge in [-0.1, -0.05) is 36.5 Å². The second-order valence-electron chi connectivity index (χ2n) is 5.44. The van der Waals surface area contributed by atoms with Crippen LogP contribution in [-0.2, 0) is 0 Å². The zero-order valence-corrected chi connectivity index (χ0v) is 13.1. The number of nitrogens with one attached hydrogen (secondary N) is 1. The van der Waals surface area contributed by atoms with Crippen LogP contribution in [0, 0.1) is 15.5 Å². The van der Waals surface area contributed by atoms with Crippen LogP contribution in [0.2, 0.25) is 10.0 Å². The third-order valence-electron chi connectivity index (χ3n) is 4.26. The number of rotatable bonds is 5. The van der Waals surface area contributed by atoms with Gasteiger partial charge in [-0.3, -0.25) is 14.9 Å². The first-order valence-corrected chi connectivity index (χ1v) is 7.56. The van der Waals surface area contributed by atoms with Gasteiger partial charge in [0.1, 0.15) is 5.02 Å². The minimum Gasteiger partial charge on any atom is -0.351 e. The fourth-order valence-corrected chi connectivity index (χ4v) is 2.93. The lowest BCUT2D eigenvalue weighted by Crippen LogP contribution is -2.41. The van der Waals surface area contributed by atoms with Crippen molar-refractivity contribution in [2.45, 2.75) is 32.6 Å².